The second-order valence-corrected chi connectivity index (χ2v) is 10.0. The number of para-hydroxylation sites is 1. The fraction of sp³-hybridized carbons (Fsp3) is 0.148. The number of non-ortho nitro benzene ring substituents is 1. The molecule has 3 aliphatic rings. The number of halogens is 1. The van der Waals surface area contributed by atoms with E-state index in [0.717, 1.165) is 15.7 Å². The van der Waals surface area contributed by atoms with Crippen molar-refractivity contribution in [3.05, 3.63) is 99.0 Å². The predicted molar refractivity (Wildman–Crippen MR) is 141 cm³/mol. The highest BCUT2D eigenvalue weighted by Crippen LogP contribution is 2.49. The average Bonchev–Trinajstić information content (AvgIpc) is 3.38. The lowest BCUT2D eigenvalue weighted by molar-refractivity contribution is -0.384. The summed E-state index contributed by atoms with van der Waals surface area (Å²) in [5, 5.41) is 13.8. The van der Waals surface area contributed by atoms with Gasteiger partial charge >= 0.3 is 0 Å². The molecular formula is C27H19BrN4O5. The lowest BCUT2D eigenvalue weighted by Gasteiger charge is -2.36. The first kappa shape index (κ1) is 23.1. The fourth-order valence-corrected chi connectivity index (χ4v) is 5.81. The van der Waals surface area contributed by atoms with Crippen molar-refractivity contribution in [3.63, 3.8) is 0 Å². The molecule has 6 rings (SSSR count). The average molecular weight is 559 g/mol. The Hall–Kier alpha value is -4.31. The van der Waals surface area contributed by atoms with E-state index >= 15 is 0 Å². The second kappa shape index (κ2) is 8.67. The highest BCUT2D eigenvalue weighted by atomic mass is 79.9. The maximum atomic E-state index is 13.8. The number of rotatable bonds is 4. The van der Waals surface area contributed by atoms with E-state index in [1.165, 1.54) is 29.2 Å². The van der Waals surface area contributed by atoms with Crippen LogP contribution >= 0.6 is 15.9 Å². The highest BCUT2D eigenvalue weighted by Gasteiger charge is 2.64. The lowest BCUT2D eigenvalue weighted by atomic mass is 9.88. The molecule has 3 amide bonds. The SMILES string of the molecule is O=C(Nc1ccc([N+](=O)[O-])cc1)[C@@H]1[C@H]2C(=O)N(c3ccc(Br)cc3)C(=O)[C@@H]2[C@@H]2C=Cc3ccccc3N12. The van der Waals surface area contributed by atoms with E-state index in [1.54, 1.807) is 24.3 Å². The number of carbonyl (C=O) groups is 3. The van der Waals surface area contributed by atoms with Crippen molar-refractivity contribution in [2.75, 3.05) is 15.1 Å². The molecule has 1 N–H and O–H groups in total. The van der Waals surface area contributed by atoms with Gasteiger partial charge in [0.05, 0.1) is 28.5 Å². The van der Waals surface area contributed by atoms with Gasteiger partial charge in [0.15, 0.2) is 0 Å². The van der Waals surface area contributed by atoms with Gasteiger partial charge in [-0.25, -0.2) is 4.90 Å². The molecule has 0 saturated carbocycles. The molecule has 0 bridgehead atoms. The molecule has 10 heteroatoms. The third-order valence-corrected chi connectivity index (χ3v) is 7.64. The minimum absolute atomic E-state index is 0.101. The molecule has 0 radical (unpaired) electrons. The van der Waals surface area contributed by atoms with Crippen LogP contribution in [0.4, 0.5) is 22.7 Å². The van der Waals surface area contributed by atoms with E-state index in [4.69, 9.17) is 0 Å². The van der Waals surface area contributed by atoms with E-state index in [-0.39, 0.29) is 11.6 Å². The Morgan fingerprint density at radius 1 is 0.919 bits per heavy atom. The van der Waals surface area contributed by atoms with Crippen molar-refractivity contribution in [2.45, 2.75) is 12.1 Å². The molecule has 3 aromatic carbocycles. The molecule has 37 heavy (non-hydrogen) atoms. The third kappa shape index (κ3) is 3.63. The van der Waals surface area contributed by atoms with Gasteiger partial charge in [0.2, 0.25) is 17.7 Å². The van der Waals surface area contributed by atoms with E-state index in [1.807, 2.05) is 41.3 Å². The third-order valence-electron chi connectivity index (χ3n) is 7.11. The first-order valence-electron chi connectivity index (χ1n) is 11.6. The highest BCUT2D eigenvalue weighted by molar-refractivity contribution is 9.10. The van der Waals surface area contributed by atoms with Crippen LogP contribution in [0.1, 0.15) is 5.56 Å². The monoisotopic (exact) mass is 558 g/mol. The smallest absolute Gasteiger partial charge is 0.269 e. The number of anilines is 3. The van der Waals surface area contributed by atoms with Crippen molar-refractivity contribution < 1.29 is 19.3 Å². The maximum absolute atomic E-state index is 13.8. The molecule has 2 saturated heterocycles. The summed E-state index contributed by atoms with van der Waals surface area (Å²) in [6.07, 6.45) is 3.81. The van der Waals surface area contributed by atoms with Crippen LogP contribution in [0.3, 0.4) is 0 Å². The van der Waals surface area contributed by atoms with E-state index in [2.05, 4.69) is 21.2 Å². The zero-order valence-corrected chi connectivity index (χ0v) is 20.7. The summed E-state index contributed by atoms with van der Waals surface area (Å²) in [6.45, 7) is 0. The van der Waals surface area contributed by atoms with Gasteiger partial charge in [-0.05, 0) is 48.0 Å². The summed E-state index contributed by atoms with van der Waals surface area (Å²) >= 11 is 3.37. The van der Waals surface area contributed by atoms with Gasteiger partial charge in [0.25, 0.3) is 5.69 Å². The largest absolute Gasteiger partial charge is 0.351 e. The van der Waals surface area contributed by atoms with Gasteiger partial charge < -0.3 is 10.2 Å². The molecule has 184 valence electrons. The van der Waals surface area contributed by atoms with Crippen LogP contribution in [0.2, 0.25) is 0 Å². The van der Waals surface area contributed by atoms with Crippen LogP contribution in [-0.2, 0) is 14.4 Å². The Kier molecular flexibility index (Phi) is 5.41. The summed E-state index contributed by atoms with van der Waals surface area (Å²) < 4.78 is 0.814. The summed E-state index contributed by atoms with van der Waals surface area (Å²) in [6, 6.07) is 18.5. The molecule has 0 aliphatic carbocycles. The molecule has 3 aromatic rings. The molecular weight excluding hydrogens is 540 g/mol. The quantitative estimate of drug-likeness (QED) is 0.288. The van der Waals surface area contributed by atoms with E-state index < -0.39 is 40.7 Å². The zero-order valence-electron chi connectivity index (χ0n) is 19.2. The van der Waals surface area contributed by atoms with Crippen molar-refractivity contribution in [1.29, 1.82) is 0 Å². The number of nitrogens with one attached hydrogen (secondary N) is 1. The minimum Gasteiger partial charge on any atom is -0.351 e. The first-order chi connectivity index (χ1) is 17.8. The molecule has 0 aromatic heterocycles. The Labute approximate surface area is 219 Å². The Morgan fingerprint density at radius 2 is 1.59 bits per heavy atom. The van der Waals surface area contributed by atoms with Gasteiger partial charge in [-0.15, -0.1) is 0 Å². The number of amides is 3. The van der Waals surface area contributed by atoms with Gasteiger partial charge in [-0.2, -0.15) is 0 Å². The number of nitro benzene ring substituents is 1. The molecule has 3 heterocycles. The van der Waals surface area contributed by atoms with Crippen LogP contribution in [0, 0.1) is 22.0 Å². The minimum atomic E-state index is -0.965. The summed E-state index contributed by atoms with van der Waals surface area (Å²) in [4.78, 5) is 54.8. The van der Waals surface area contributed by atoms with Gasteiger partial charge in [0, 0.05) is 28.0 Å². The number of nitrogens with zero attached hydrogens (tertiary/aromatic N) is 3. The number of fused-ring (bicyclic) bond motifs is 5. The lowest BCUT2D eigenvalue weighted by Crippen LogP contribution is -2.50. The molecule has 3 aliphatic heterocycles. The second-order valence-electron chi connectivity index (χ2n) is 9.09. The van der Waals surface area contributed by atoms with Crippen molar-refractivity contribution in [2.24, 2.45) is 11.8 Å². The Balaban J connectivity index is 1.40. The Bertz CT molecular complexity index is 1490. The van der Waals surface area contributed by atoms with Gasteiger partial charge in [-0.1, -0.05) is 46.3 Å². The number of hydrogen-bond donors (Lipinski definition) is 1. The topological polar surface area (TPSA) is 113 Å². The summed E-state index contributed by atoms with van der Waals surface area (Å²) in [7, 11) is 0. The summed E-state index contributed by atoms with van der Waals surface area (Å²) in [5.74, 6) is -2.89. The van der Waals surface area contributed by atoms with E-state index in [9.17, 15) is 24.5 Å². The number of nitro groups is 1. The Morgan fingerprint density at radius 3 is 2.30 bits per heavy atom. The number of imide groups is 1. The van der Waals surface area contributed by atoms with Gasteiger partial charge in [-0.3, -0.25) is 24.5 Å². The predicted octanol–water partition coefficient (Wildman–Crippen LogP) is 4.39. The fourth-order valence-electron chi connectivity index (χ4n) is 5.54. The van der Waals surface area contributed by atoms with Crippen LogP contribution in [0.5, 0.6) is 0 Å². The van der Waals surface area contributed by atoms with Crippen LogP contribution in [0.15, 0.2) is 83.3 Å². The molecule has 9 nitrogen and oxygen atoms in total. The number of hydrogen-bond acceptors (Lipinski definition) is 6. The van der Waals surface area contributed by atoms with Gasteiger partial charge in [0.1, 0.15) is 6.04 Å². The van der Waals surface area contributed by atoms with Crippen LogP contribution in [-0.4, -0.2) is 34.7 Å². The van der Waals surface area contributed by atoms with Crippen molar-refractivity contribution >= 4 is 62.5 Å². The van der Waals surface area contributed by atoms with Crippen LogP contribution < -0.4 is 15.1 Å². The zero-order chi connectivity index (χ0) is 25.8. The van der Waals surface area contributed by atoms with Crippen molar-refractivity contribution in [1.82, 2.24) is 0 Å². The van der Waals surface area contributed by atoms with Crippen LogP contribution in [0.25, 0.3) is 6.08 Å². The molecule has 4 atom stereocenters. The molecule has 2 fully saturated rings. The normalized spacial score (nSPS) is 23.5. The van der Waals surface area contributed by atoms with E-state index in [0.29, 0.717) is 11.4 Å². The molecule has 0 unspecified atom stereocenters. The van der Waals surface area contributed by atoms with Crippen molar-refractivity contribution in [3.8, 4) is 0 Å². The number of benzene rings is 3. The maximum Gasteiger partial charge on any atom is 0.269 e. The summed E-state index contributed by atoms with van der Waals surface area (Å²) in [5.41, 5.74) is 2.36. The molecule has 0 spiro atoms. The number of carbonyl (C=O) groups excluding carboxylic acids is 3. The first-order valence-corrected chi connectivity index (χ1v) is 12.4. The standard InChI is InChI=1S/C27H19BrN4O5/c28-16-6-10-18(11-7-16)30-26(34)22-21-14-5-15-3-1-2-4-20(15)31(21)24(23(22)27(30)35)25(33)29-17-8-12-19(13-9-17)32(36)37/h1-14,21-24H,(H,29,33)/t21-,22+,23-,24-/m0/s1.